The van der Waals surface area contributed by atoms with E-state index in [1.165, 1.54) is 0 Å². The number of hydrogen-bond donors (Lipinski definition) is 2. The van der Waals surface area contributed by atoms with Gasteiger partial charge in [0.25, 0.3) is 5.91 Å². The molecular weight excluding hydrogens is 230 g/mol. The fourth-order valence-electron chi connectivity index (χ4n) is 2.40. The molecule has 1 aromatic rings. The molecule has 2 atom stereocenters. The molecule has 0 aromatic heterocycles. The Bertz CT molecular complexity index is 452. The maximum absolute atomic E-state index is 11.5. The van der Waals surface area contributed by atoms with E-state index < -0.39 is 5.91 Å². The first-order valence-electron chi connectivity index (χ1n) is 6.07. The number of hydrogen-bond acceptors (Lipinski definition) is 4. The molecule has 1 amide bonds. The average Bonchev–Trinajstić information content (AvgIpc) is 2.27. The molecule has 1 fully saturated rings. The van der Waals surface area contributed by atoms with Crippen molar-refractivity contribution in [3.63, 3.8) is 0 Å². The molecule has 0 bridgehead atoms. The highest BCUT2D eigenvalue weighted by Crippen LogP contribution is 2.26. The van der Waals surface area contributed by atoms with Crippen LogP contribution >= 0.6 is 0 Å². The van der Waals surface area contributed by atoms with E-state index in [0.717, 1.165) is 18.8 Å². The van der Waals surface area contributed by atoms with E-state index in [9.17, 15) is 4.79 Å². The number of primary amides is 1. The summed E-state index contributed by atoms with van der Waals surface area (Å²) in [6, 6.07) is 5.26. The van der Waals surface area contributed by atoms with E-state index in [1.807, 2.05) is 19.9 Å². The quantitative estimate of drug-likeness (QED) is 0.765. The van der Waals surface area contributed by atoms with Crippen molar-refractivity contribution in [2.45, 2.75) is 26.1 Å². The molecule has 0 saturated carbocycles. The summed E-state index contributed by atoms with van der Waals surface area (Å²) in [7, 11) is 0. The number of ether oxygens (including phenoxy) is 1. The summed E-state index contributed by atoms with van der Waals surface area (Å²) in [5, 5.41) is 0. The van der Waals surface area contributed by atoms with Crippen molar-refractivity contribution in [1.82, 2.24) is 0 Å². The Labute approximate surface area is 107 Å². The summed E-state index contributed by atoms with van der Waals surface area (Å²) in [5.74, 6) is -0.455. The minimum atomic E-state index is -0.455. The highest BCUT2D eigenvalue weighted by molar-refractivity contribution is 5.99. The number of rotatable bonds is 2. The van der Waals surface area contributed by atoms with Gasteiger partial charge in [0.15, 0.2) is 0 Å². The lowest BCUT2D eigenvalue weighted by Gasteiger charge is -2.37. The molecule has 0 spiro atoms. The Balaban J connectivity index is 2.35. The van der Waals surface area contributed by atoms with Crippen molar-refractivity contribution in [2.24, 2.45) is 5.73 Å². The molecule has 0 radical (unpaired) electrons. The van der Waals surface area contributed by atoms with E-state index in [2.05, 4.69) is 4.90 Å². The number of nitrogens with zero attached hydrogens (tertiary/aromatic N) is 1. The van der Waals surface area contributed by atoms with Gasteiger partial charge in [-0.3, -0.25) is 4.79 Å². The minimum Gasteiger partial charge on any atom is -0.399 e. The molecule has 4 N–H and O–H groups in total. The van der Waals surface area contributed by atoms with Gasteiger partial charge in [-0.1, -0.05) is 0 Å². The van der Waals surface area contributed by atoms with Crippen molar-refractivity contribution in [3.05, 3.63) is 23.8 Å². The van der Waals surface area contributed by atoms with Gasteiger partial charge in [-0.05, 0) is 32.0 Å². The van der Waals surface area contributed by atoms with Crippen LogP contribution in [0.4, 0.5) is 11.4 Å². The molecule has 1 heterocycles. The number of benzene rings is 1. The van der Waals surface area contributed by atoms with Gasteiger partial charge in [0.05, 0.1) is 17.8 Å². The zero-order valence-electron chi connectivity index (χ0n) is 10.7. The molecule has 5 nitrogen and oxygen atoms in total. The van der Waals surface area contributed by atoms with Crippen LogP contribution in [0.15, 0.2) is 18.2 Å². The number of morpholine rings is 1. The zero-order valence-corrected chi connectivity index (χ0v) is 10.7. The monoisotopic (exact) mass is 249 g/mol. The van der Waals surface area contributed by atoms with Gasteiger partial charge in [-0.2, -0.15) is 0 Å². The van der Waals surface area contributed by atoms with Crippen LogP contribution in [0.25, 0.3) is 0 Å². The molecule has 0 aliphatic carbocycles. The van der Waals surface area contributed by atoms with Crippen molar-refractivity contribution >= 4 is 17.3 Å². The van der Waals surface area contributed by atoms with Gasteiger partial charge in [-0.15, -0.1) is 0 Å². The van der Waals surface area contributed by atoms with E-state index in [-0.39, 0.29) is 12.2 Å². The normalized spacial score (nSPS) is 24.0. The van der Waals surface area contributed by atoms with E-state index >= 15 is 0 Å². The van der Waals surface area contributed by atoms with E-state index in [1.54, 1.807) is 12.1 Å². The van der Waals surface area contributed by atoms with Gasteiger partial charge < -0.3 is 21.1 Å². The van der Waals surface area contributed by atoms with Crippen LogP contribution in [0.3, 0.4) is 0 Å². The minimum absolute atomic E-state index is 0.132. The molecule has 1 saturated heterocycles. The number of nitrogen functional groups attached to an aromatic ring is 1. The second-order valence-corrected chi connectivity index (χ2v) is 4.80. The molecule has 1 aliphatic rings. The van der Waals surface area contributed by atoms with E-state index in [0.29, 0.717) is 11.3 Å². The number of amides is 1. The summed E-state index contributed by atoms with van der Waals surface area (Å²) in [4.78, 5) is 13.6. The summed E-state index contributed by atoms with van der Waals surface area (Å²) >= 11 is 0. The van der Waals surface area contributed by atoms with Crippen LogP contribution < -0.4 is 16.4 Å². The van der Waals surface area contributed by atoms with Gasteiger partial charge >= 0.3 is 0 Å². The first-order chi connectivity index (χ1) is 8.47. The maximum atomic E-state index is 11.5. The molecule has 1 aromatic carbocycles. The Kier molecular flexibility index (Phi) is 3.43. The van der Waals surface area contributed by atoms with Gasteiger partial charge in [-0.25, -0.2) is 0 Å². The van der Waals surface area contributed by atoms with Crippen LogP contribution in [-0.4, -0.2) is 31.2 Å². The van der Waals surface area contributed by atoms with Gasteiger partial charge in [0.1, 0.15) is 0 Å². The lowest BCUT2D eigenvalue weighted by Crippen LogP contribution is -2.46. The molecule has 98 valence electrons. The van der Waals surface area contributed by atoms with Crippen molar-refractivity contribution < 1.29 is 9.53 Å². The first-order valence-corrected chi connectivity index (χ1v) is 6.07. The predicted molar refractivity (Wildman–Crippen MR) is 71.6 cm³/mol. The third kappa shape index (κ3) is 2.56. The Morgan fingerprint density at radius 2 is 1.94 bits per heavy atom. The van der Waals surface area contributed by atoms with Crippen LogP contribution in [0.5, 0.6) is 0 Å². The van der Waals surface area contributed by atoms with Crippen molar-refractivity contribution in [2.75, 3.05) is 23.7 Å². The standard InChI is InChI=1S/C13H19N3O2/c1-8-6-16(7-9(2)18-8)12-4-3-10(14)5-11(12)13(15)17/h3-5,8-9H,6-7,14H2,1-2H3,(H2,15,17)/t8-,9-/m1/s1. The molecule has 1 aliphatic heterocycles. The summed E-state index contributed by atoms with van der Waals surface area (Å²) in [5.41, 5.74) is 12.9. The number of anilines is 2. The topological polar surface area (TPSA) is 81.6 Å². The predicted octanol–water partition coefficient (Wildman–Crippen LogP) is 0.981. The molecule has 18 heavy (non-hydrogen) atoms. The third-order valence-corrected chi connectivity index (χ3v) is 3.05. The van der Waals surface area contributed by atoms with Gasteiger partial charge in [0, 0.05) is 24.5 Å². The number of carbonyl (C=O) groups excluding carboxylic acids is 1. The van der Waals surface area contributed by atoms with Crippen molar-refractivity contribution in [3.8, 4) is 0 Å². The summed E-state index contributed by atoms with van der Waals surface area (Å²) in [6.07, 6.45) is 0.263. The van der Waals surface area contributed by atoms with Crippen LogP contribution in [0.2, 0.25) is 0 Å². The third-order valence-electron chi connectivity index (χ3n) is 3.05. The summed E-state index contributed by atoms with van der Waals surface area (Å²) < 4.78 is 5.68. The number of carbonyl (C=O) groups is 1. The van der Waals surface area contributed by atoms with Gasteiger partial charge in [0.2, 0.25) is 0 Å². The largest absolute Gasteiger partial charge is 0.399 e. The van der Waals surface area contributed by atoms with Crippen LogP contribution in [0.1, 0.15) is 24.2 Å². The van der Waals surface area contributed by atoms with Crippen molar-refractivity contribution in [1.29, 1.82) is 0 Å². The SMILES string of the molecule is C[C@@H]1CN(c2ccc(N)cc2C(N)=O)C[C@@H](C)O1. The Morgan fingerprint density at radius 1 is 1.33 bits per heavy atom. The second-order valence-electron chi connectivity index (χ2n) is 4.80. The Hall–Kier alpha value is -1.75. The molecule has 5 heteroatoms. The fourth-order valence-corrected chi connectivity index (χ4v) is 2.40. The molecule has 2 rings (SSSR count). The van der Waals surface area contributed by atoms with Crippen LogP contribution in [0, 0.1) is 0 Å². The smallest absolute Gasteiger partial charge is 0.250 e. The average molecular weight is 249 g/mol. The second kappa shape index (κ2) is 4.86. The lowest BCUT2D eigenvalue weighted by atomic mass is 10.1. The highest BCUT2D eigenvalue weighted by Gasteiger charge is 2.25. The Morgan fingerprint density at radius 3 is 2.50 bits per heavy atom. The first kappa shape index (κ1) is 12.7. The molecule has 0 unspecified atom stereocenters. The lowest BCUT2D eigenvalue weighted by molar-refractivity contribution is -0.00526. The number of nitrogens with two attached hydrogens (primary N) is 2. The highest BCUT2D eigenvalue weighted by atomic mass is 16.5. The fraction of sp³-hybridized carbons (Fsp3) is 0.462. The maximum Gasteiger partial charge on any atom is 0.250 e. The van der Waals surface area contributed by atoms with E-state index in [4.69, 9.17) is 16.2 Å². The molecular formula is C13H19N3O2. The van der Waals surface area contributed by atoms with Crippen LogP contribution in [-0.2, 0) is 4.74 Å². The summed E-state index contributed by atoms with van der Waals surface area (Å²) in [6.45, 7) is 5.52. The zero-order chi connectivity index (χ0) is 13.3.